The van der Waals surface area contributed by atoms with Crippen LogP contribution in [0, 0.1) is 0 Å². The fourth-order valence-electron chi connectivity index (χ4n) is 0.887. The van der Waals surface area contributed by atoms with Crippen LogP contribution in [0.4, 0.5) is 0 Å². The van der Waals surface area contributed by atoms with Crippen LogP contribution >= 0.6 is 0 Å². The molecule has 0 saturated heterocycles. The van der Waals surface area contributed by atoms with E-state index in [9.17, 15) is 0 Å². The Labute approximate surface area is 80.3 Å². The molecule has 0 bridgehead atoms. The minimum Gasteiger partial charge on any atom is -0.442 e. The molecule has 2 nitrogen and oxygen atoms in total. The molecule has 1 atom stereocenters. The van der Waals surface area contributed by atoms with E-state index in [1.165, 1.54) is 0 Å². The normalized spacial score (nSPS) is 14.8. The van der Waals surface area contributed by atoms with Gasteiger partial charge < -0.3 is 8.23 Å². The van der Waals surface area contributed by atoms with E-state index < -0.39 is 26.6 Å². The maximum absolute atomic E-state index is 5.87. The van der Waals surface area contributed by atoms with Crippen LogP contribution in [0.3, 0.4) is 0 Å². The molecule has 0 fully saturated rings. The topological polar surface area (TPSA) is 18.5 Å². The van der Waals surface area contributed by atoms with Crippen LogP contribution in [0.2, 0.25) is 32.7 Å². The fourth-order valence-corrected chi connectivity index (χ4v) is 8.48. The van der Waals surface area contributed by atoms with Gasteiger partial charge in [0.25, 0.3) is 9.28 Å². The van der Waals surface area contributed by atoms with Crippen molar-refractivity contribution in [2.75, 3.05) is 0 Å². The van der Waals surface area contributed by atoms with Gasteiger partial charge in [-0.3, -0.25) is 0 Å². The van der Waals surface area contributed by atoms with Gasteiger partial charge in [0.2, 0.25) is 0 Å². The molecule has 0 spiro atoms. The zero-order valence-corrected chi connectivity index (χ0v) is 12.1. The molecule has 0 saturated carbocycles. The highest BCUT2D eigenvalue weighted by Crippen LogP contribution is 2.08. The Bertz CT molecular complexity index is 148. The highest BCUT2D eigenvalue weighted by Gasteiger charge is 2.22. The lowest BCUT2D eigenvalue weighted by Crippen LogP contribution is -2.38. The van der Waals surface area contributed by atoms with Crippen molar-refractivity contribution in [3.8, 4) is 0 Å². The third-order valence-electron chi connectivity index (χ3n) is 1.43. The summed E-state index contributed by atoms with van der Waals surface area (Å²) in [7, 11) is -3.84. The molecule has 0 radical (unpaired) electrons. The molecule has 0 aliphatic heterocycles. The summed E-state index contributed by atoms with van der Waals surface area (Å²) in [5, 5.41) is 0. The van der Waals surface area contributed by atoms with Crippen LogP contribution in [-0.2, 0) is 8.23 Å². The summed E-state index contributed by atoms with van der Waals surface area (Å²) in [6.07, 6.45) is 0. The molecule has 1 unspecified atom stereocenters. The van der Waals surface area contributed by atoms with Crippen molar-refractivity contribution in [3.05, 3.63) is 12.3 Å². The molecule has 0 aliphatic rings. The van der Waals surface area contributed by atoms with Gasteiger partial charge in [0.1, 0.15) is 0 Å². The predicted molar refractivity (Wildman–Crippen MR) is 61.7 cm³/mol. The van der Waals surface area contributed by atoms with E-state index >= 15 is 0 Å². The Kier molecular flexibility index (Phi) is 5.26. The Balaban J connectivity index is 3.83. The maximum Gasteiger partial charge on any atom is 0.297 e. The second-order valence-electron chi connectivity index (χ2n) is 3.68. The summed E-state index contributed by atoms with van der Waals surface area (Å²) in [6, 6.07) is 0. The summed E-state index contributed by atoms with van der Waals surface area (Å²) in [4.78, 5) is 0. The molecule has 0 aromatic carbocycles. The lowest BCUT2D eigenvalue weighted by atomic mass is 11.3. The SMILES string of the molecule is C=C[Si](C)(C)O[SiH](C)O[SiH](C)C. The van der Waals surface area contributed by atoms with Crippen molar-refractivity contribution in [2.24, 2.45) is 0 Å². The van der Waals surface area contributed by atoms with E-state index in [1.807, 2.05) is 5.70 Å². The molecule has 72 valence electrons. The van der Waals surface area contributed by atoms with Gasteiger partial charge in [0.15, 0.2) is 17.4 Å². The summed E-state index contributed by atoms with van der Waals surface area (Å²) < 4.78 is 11.6. The summed E-state index contributed by atoms with van der Waals surface area (Å²) in [5.41, 5.74) is 1.96. The summed E-state index contributed by atoms with van der Waals surface area (Å²) >= 11 is 0. The quantitative estimate of drug-likeness (QED) is 0.658. The first-order valence-electron chi connectivity index (χ1n) is 4.34. The third-order valence-corrected chi connectivity index (χ3v) is 9.88. The Morgan fingerprint density at radius 2 is 1.75 bits per heavy atom. The molecule has 0 rings (SSSR count). The van der Waals surface area contributed by atoms with Gasteiger partial charge in [-0.2, -0.15) is 0 Å². The Hall–Kier alpha value is 0.311. The average molecular weight is 220 g/mol. The average Bonchev–Trinajstić information content (AvgIpc) is 1.84. The van der Waals surface area contributed by atoms with Gasteiger partial charge in [-0.05, 0) is 32.7 Å². The van der Waals surface area contributed by atoms with Crippen LogP contribution in [0.15, 0.2) is 12.3 Å². The van der Waals surface area contributed by atoms with Gasteiger partial charge in [-0.15, -0.1) is 6.58 Å². The zero-order chi connectivity index (χ0) is 9.78. The van der Waals surface area contributed by atoms with E-state index in [0.717, 1.165) is 0 Å². The van der Waals surface area contributed by atoms with Gasteiger partial charge in [0.05, 0.1) is 0 Å². The molecule has 12 heavy (non-hydrogen) atoms. The van der Waals surface area contributed by atoms with E-state index in [0.29, 0.717) is 0 Å². The number of hydrogen-bond acceptors (Lipinski definition) is 2. The lowest BCUT2D eigenvalue weighted by Gasteiger charge is -2.24. The molecule has 0 aromatic heterocycles. The second-order valence-corrected chi connectivity index (χ2v) is 12.6. The molecule has 0 N–H and O–H groups in total. The van der Waals surface area contributed by atoms with Crippen LogP contribution in [0.5, 0.6) is 0 Å². The largest absolute Gasteiger partial charge is 0.442 e. The van der Waals surface area contributed by atoms with Crippen molar-refractivity contribution in [2.45, 2.75) is 32.7 Å². The third kappa shape index (κ3) is 5.90. The lowest BCUT2D eigenvalue weighted by molar-refractivity contribution is 0.440. The van der Waals surface area contributed by atoms with Gasteiger partial charge in [-0.25, -0.2) is 0 Å². The minimum absolute atomic E-state index is 0.904. The van der Waals surface area contributed by atoms with Crippen LogP contribution in [0.25, 0.3) is 0 Å². The monoisotopic (exact) mass is 220 g/mol. The summed E-state index contributed by atoms with van der Waals surface area (Å²) in [5.74, 6) is 0. The fraction of sp³-hybridized carbons (Fsp3) is 0.714. The number of rotatable bonds is 5. The zero-order valence-electron chi connectivity index (χ0n) is 8.76. The van der Waals surface area contributed by atoms with E-state index in [4.69, 9.17) is 8.23 Å². The molecular formula is C7H20O2Si3. The van der Waals surface area contributed by atoms with Crippen LogP contribution in [-0.4, -0.2) is 26.6 Å². The van der Waals surface area contributed by atoms with Gasteiger partial charge in [-0.1, -0.05) is 5.70 Å². The predicted octanol–water partition coefficient (Wildman–Crippen LogP) is 1.78. The van der Waals surface area contributed by atoms with Gasteiger partial charge >= 0.3 is 0 Å². The van der Waals surface area contributed by atoms with E-state index in [1.54, 1.807) is 0 Å². The molecule has 0 aliphatic carbocycles. The minimum atomic E-state index is -1.58. The van der Waals surface area contributed by atoms with Gasteiger partial charge in [0, 0.05) is 0 Å². The molecule has 0 aromatic rings. The first-order valence-corrected chi connectivity index (χ1v) is 12.2. The maximum atomic E-state index is 5.87. The van der Waals surface area contributed by atoms with Crippen molar-refractivity contribution < 1.29 is 8.23 Å². The van der Waals surface area contributed by atoms with Crippen LogP contribution in [0.1, 0.15) is 0 Å². The Morgan fingerprint density at radius 1 is 1.25 bits per heavy atom. The van der Waals surface area contributed by atoms with E-state index in [2.05, 4.69) is 39.3 Å². The van der Waals surface area contributed by atoms with Crippen molar-refractivity contribution in [1.29, 1.82) is 0 Å². The summed E-state index contributed by atoms with van der Waals surface area (Å²) in [6.45, 7) is 14.5. The van der Waals surface area contributed by atoms with Crippen molar-refractivity contribution >= 4 is 26.6 Å². The first kappa shape index (κ1) is 12.3. The number of hydrogen-bond donors (Lipinski definition) is 0. The smallest absolute Gasteiger partial charge is 0.297 e. The van der Waals surface area contributed by atoms with Crippen LogP contribution < -0.4 is 0 Å². The Morgan fingerprint density at radius 3 is 2.08 bits per heavy atom. The highest BCUT2D eigenvalue weighted by molar-refractivity contribution is 6.81. The van der Waals surface area contributed by atoms with Crippen molar-refractivity contribution in [1.82, 2.24) is 0 Å². The molecular weight excluding hydrogens is 200 g/mol. The standard InChI is InChI=1S/C7H20O2Si3/c1-7-12(5,6)9-11(4)8-10(2)3/h7,10-11H,1H2,2-6H3. The molecule has 0 amide bonds. The first-order chi connectivity index (χ1) is 5.37. The van der Waals surface area contributed by atoms with E-state index in [-0.39, 0.29) is 0 Å². The molecule has 5 heteroatoms. The molecule has 0 heterocycles. The van der Waals surface area contributed by atoms with Crippen molar-refractivity contribution in [3.63, 3.8) is 0 Å². The highest BCUT2D eigenvalue weighted by atomic mass is 28.4. The second kappa shape index (κ2) is 5.13.